The van der Waals surface area contributed by atoms with Crippen molar-refractivity contribution in [3.05, 3.63) is 44.6 Å². The molecule has 6 N–H and O–H groups in total. The van der Waals surface area contributed by atoms with E-state index in [-0.39, 0.29) is 24.4 Å². The van der Waals surface area contributed by atoms with Gasteiger partial charge in [-0.05, 0) is 62.5 Å². The number of carboxylic acid groups (broad SMARTS) is 1. The van der Waals surface area contributed by atoms with Crippen molar-refractivity contribution in [2.75, 3.05) is 29.9 Å². The highest BCUT2D eigenvalue weighted by Crippen LogP contribution is 2.31. The van der Waals surface area contributed by atoms with E-state index in [0.717, 1.165) is 10.9 Å². The summed E-state index contributed by atoms with van der Waals surface area (Å²) in [5.74, 6) is -1.98. The number of nitrogens with one attached hydrogen (secondary N) is 3. The Kier molecular flexibility index (Phi) is 8.30. The number of carbonyl (C=O) groups excluding carboxylic acids is 2. The maximum absolute atomic E-state index is 12.6. The minimum Gasteiger partial charge on any atom is -0.480 e. The number of H-pyrrole nitrogens is 1. The molecule has 1 saturated heterocycles. The molecule has 0 aliphatic carbocycles. The van der Waals surface area contributed by atoms with Crippen molar-refractivity contribution in [2.24, 2.45) is 5.73 Å². The van der Waals surface area contributed by atoms with E-state index < -0.39 is 18.4 Å². The first-order valence-electron chi connectivity index (χ1n) is 8.74. The van der Waals surface area contributed by atoms with Gasteiger partial charge in [0.25, 0.3) is 11.8 Å². The number of rotatable bonds is 6. The molecule has 1 aromatic heterocycles. The molecule has 1 aliphatic rings. The minimum atomic E-state index is -1.13. The fraction of sp³-hybridized carbons (Fsp3) is 0.278. The number of hydrogen-bond donors (Lipinski definition) is 5. The van der Waals surface area contributed by atoms with Gasteiger partial charge in [-0.2, -0.15) is 0 Å². The van der Waals surface area contributed by atoms with Gasteiger partial charge >= 0.3 is 5.97 Å². The van der Waals surface area contributed by atoms with E-state index in [9.17, 15) is 14.4 Å². The second-order valence-corrected chi connectivity index (χ2v) is 8.25. The fourth-order valence-corrected chi connectivity index (χ4v) is 3.68. The Balaban J connectivity index is 0.00000320. The largest absolute Gasteiger partial charge is 0.480 e. The van der Waals surface area contributed by atoms with Crippen molar-refractivity contribution in [3.63, 3.8) is 0 Å². The van der Waals surface area contributed by atoms with Gasteiger partial charge < -0.3 is 31.4 Å². The summed E-state index contributed by atoms with van der Waals surface area (Å²) in [6, 6.07) is 6.44. The van der Waals surface area contributed by atoms with Crippen LogP contribution in [0.5, 0.6) is 0 Å². The zero-order valence-corrected chi connectivity index (χ0v) is 19.6. The van der Waals surface area contributed by atoms with E-state index in [1.807, 2.05) is 4.90 Å². The summed E-state index contributed by atoms with van der Waals surface area (Å²) in [5.41, 5.74) is 7.85. The lowest BCUT2D eigenvalue weighted by molar-refractivity contribution is -0.135. The van der Waals surface area contributed by atoms with Gasteiger partial charge in [-0.1, -0.05) is 0 Å². The van der Waals surface area contributed by atoms with Crippen LogP contribution in [-0.2, 0) is 4.79 Å². The van der Waals surface area contributed by atoms with Gasteiger partial charge in [0.05, 0.1) is 20.5 Å². The van der Waals surface area contributed by atoms with Crippen LogP contribution in [0.3, 0.4) is 0 Å². The van der Waals surface area contributed by atoms with Crippen LogP contribution in [0.4, 0.5) is 11.4 Å². The Morgan fingerprint density at radius 2 is 1.97 bits per heavy atom. The van der Waals surface area contributed by atoms with Crippen molar-refractivity contribution in [2.45, 2.75) is 12.5 Å². The molecule has 1 aromatic carbocycles. The number of carbonyl (C=O) groups is 3. The monoisotopic (exact) mass is 563 g/mol. The summed E-state index contributed by atoms with van der Waals surface area (Å²) in [6.45, 7) is 0.796. The molecule has 1 fully saturated rings. The lowest BCUT2D eigenvalue weighted by Gasteiger charge is -2.23. The first-order chi connectivity index (χ1) is 13.7. The number of aromatic amines is 1. The summed E-state index contributed by atoms with van der Waals surface area (Å²) in [6.07, 6.45) is 0.791. The van der Waals surface area contributed by atoms with Crippen molar-refractivity contribution < 1.29 is 19.5 Å². The number of carboxylic acids is 1. The summed E-state index contributed by atoms with van der Waals surface area (Å²) in [7, 11) is 0. The molecule has 1 aliphatic heterocycles. The average Bonchev–Trinajstić information content (AvgIpc) is 3.25. The van der Waals surface area contributed by atoms with Crippen LogP contribution < -0.4 is 21.3 Å². The Morgan fingerprint density at radius 1 is 1.23 bits per heavy atom. The fourth-order valence-electron chi connectivity index (χ4n) is 3.02. The van der Waals surface area contributed by atoms with E-state index in [1.54, 1.807) is 18.2 Å². The number of halogens is 3. The predicted molar refractivity (Wildman–Crippen MR) is 123 cm³/mol. The molecule has 0 saturated carbocycles. The molecular formula is C18H20Br2ClN5O4. The molecule has 9 nitrogen and oxygen atoms in total. The Hall–Kier alpha value is -2.08. The first-order valence-corrected chi connectivity index (χ1v) is 10.3. The topological polar surface area (TPSA) is 141 Å². The maximum atomic E-state index is 12.6. The Morgan fingerprint density at radius 3 is 2.53 bits per heavy atom. The molecule has 2 heterocycles. The first kappa shape index (κ1) is 24.2. The molecule has 0 bridgehead atoms. The van der Waals surface area contributed by atoms with E-state index >= 15 is 0 Å². The molecule has 0 radical (unpaired) electrons. The van der Waals surface area contributed by atoms with Gasteiger partial charge in [0.15, 0.2) is 0 Å². The van der Waals surface area contributed by atoms with E-state index in [2.05, 4.69) is 47.5 Å². The number of hydrogen-bond acceptors (Lipinski definition) is 5. The molecule has 2 aromatic rings. The molecular weight excluding hydrogens is 545 g/mol. The van der Waals surface area contributed by atoms with E-state index in [1.165, 1.54) is 6.07 Å². The van der Waals surface area contributed by atoms with Crippen LogP contribution in [-0.4, -0.2) is 53.6 Å². The second-order valence-electron chi connectivity index (χ2n) is 6.60. The van der Waals surface area contributed by atoms with Crippen LogP contribution in [0.25, 0.3) is 0 Å². The third-order valence-corrected chi connectivity index (χ3v) is 6.23. The highest BCUT2D eigenvalue weighted by molar-refractivity contribution is 9.13. The number of aromatic nitrogens is 1. The maximum Gasteiger partial charge on any atom is 0.322 e. The number of nitrogens with two attached hydrogens (primary N) is 1. The second kappa shape index (κ2) is 10.3. The average molecular weight is 566 g/mol. The molecule has 0 spiro atoms. The molecule has 3 rings (SSSR count). The third-order valence-electron chi connectivity index (χ3n) is 4.44. The predicted octanol–water partition coefficient (Wildman–Crippen LogP) is 2.57. The molecule has 162 valence electrons. The SMILES string of the molecule is Cl.N[C@H]1CCN(c2cc(C(=O)NCC(=O)O)ccc2NC(=O)c2cc(Br)c(Br)[nH]2)C1. The van der Waals surface area contributed by atoms with Gasteiger partial charge in [-0.3, -0.25) is 14.4 Å². The minimum absolute atomic E-state index is 0. The van der Waals surface area contributed by atoms with Crippen molar-refractivity contribution in [1.82, 2.24) is 10.3 Å². The van der Waals surface area contributed by atoms with Gasteiger partial charge in [-0.25, -0.2) is 0 Å². The normalized spacial score (nSPS) is 15.4. The van der Waals surface area contributed by atoms with Gasteiger partial charge in [-0.15, -0.1) is 12.4 Å². The summed E-state index contributed by atoms with van der Waals surface area (Å²) in [5, 5.41) is 13.9. The number of benzene rings is 1. The molecule has 12 heteroatoms. The number of amides is 2. The molecule has 30 heavy (non-hydrogen) atoms. The van der Waals surface area contributed by atoms with E-state index in [0.29, 0.717) is 40.3 Å². The third kappa shape index (κ3) is 5.75. The van der Waals surface area contributed by atoms with Crippen LogP contribution in [0.2, 0.25) is 0 Å². The highest BCUT2D eigenvalue weighted by Gasteiger charge is 2.24. The van der Waals surface area contributed by atoms with Crippen LogP contribution in [0.15, 0.2) is 33.3 Å². The van der Waals surface area contributed by atoms with Gasteiger partial charge in [0.1, 0.15) is 12.2 Å². The van der Waals surface area contributed by atoms with Crippen LogP contribution in [0, 0.1) is 0 Å². The zero-order valence-electron chi connectivity index (χ0n) is 15.6. The standard InChI is InChI=1S/C18H19Br2N5O4.ClH/c19-11-6-13(23-16(11)20)18(29)24-12-2-1-9(17(28)22-7-15(26)27)5-14(12)25-4-3-10(21)8-25;/h1-2,5-6,10,23H,3-4,7-8,21H2,(H,22,28)(H,24,29)(H,26,27);1H/t10-;/m0./s1. The Bertz CT molecular complexity index is 949. The number of anilines is 2. The molecule has 0 unspecified atom stereocenters. The Labute approximate surface area is 195 Å². The highest BCUT2D eigenvalue weighted by atomic mass is 79.9. The molecule has 2 amide bonds. The lowest BCUT2D eigenvalue weighted by atomic mass is 10.1. The smallest absolute Gasteiger partial charge is 0.322 e. The van der Waals surface area contributed by atoms with Crippen LogP contribution in [0.1, 0.15) is 27.3 Å². The van der Waals surface area contributed by atoms with E-state index in [4.69, 9.17) is 10.8 Å². The van der Waals surface area contributed by atoms with Crippen molar-refractivity contribution in [1.29, 1.82) is 0 Å². The van der Waals surface area contributed by atoms with Crippen molar-refractivity contribution >= 4 is 73.4 Å². The molecule has 1 atom stereocenters. The zero-order chi connectivity index (χ0) is 21.1. The summed E-state index contributed by atoms with van der Waals surface area (Å²) >= 11 is 6.63. The quantitative estimate of drug-likeness (QED) is 0.365. The number of aliphatic carboxylic acids is 1. The van der Waals surface area contributed by atoms with Crippen LogP contribution >= 0.6 is 44.3 Å². The summed E-state index contributed by atoms with van der Waals surface area (Å²) in [4.78, 5) is 40.5. The van der Waals surface area contributed by atoms with Gasteiger partial charge in [0.2, 0.25) is 0 Å². The van der Waals surface area contributed by atoms with Crippen molar-refractivity contribution in [3.8, 4) is 0 Å². The van der Waals surface area contributed by atoms with Gasteiger partial charge in [0, 0.05) is 24.7 Å². The lowest BCUT2D eigenvalue weighted by Crippen LogP contribution is -2.30. The number of nitrogens with zero attached hydrogens (tertiary/aromatic N) is 1. The summed E-state index contributed by atoms with van der Waals surface area (Å²) < 4.78 is 1.37.